The normalized spacial score (nSPS) is 10.3. The lowest BCUT2D eigenvalue weighted by molar-refractivity contribution is -0.116. The zero-order valence-electron chi connectivity index (χ0n) is 16.5. The van der Waals surface area contributed by atoms with Crippen LogP contribution in [0.15, 0.2) is 36.4 Å². The van der Waals surface area contributed by atoms with Gasteiger partial charge >= 0.3 is 0 Å². The van der Waals surface area contributed by atoms with Crippen LogP contribution in [0.2, 0.25) is 0 Å². The summed E-state index contributed by atoms with van der Waals surface area (Å²) >= 11 is 0. The fraction of sp³-hybridized carbons (Fsp3) is 0.333. The highest BCUT2D eigenvalue weighted by Gasteiger charge is 2.17. The number of hydrogen-bond acceptors (Lipinski definition) is 4. The van der Waals surface area contributed by atoms with Crippen LogP contribution in [0.5, 0.6) is 11.5 Å². The Bertz CT molecular complexity index is 833. The smallest absolute Gasteiger partial charge is 0.251 e. The van der Waals surface area contributed by atoms with Gasteiger partial charge < -0.3 is 19.7 Å². The number of amides is 2. The molecule has 0 aliphatic heterocycles. The molecule has 27 heavy (non-hydrogen) atoms. The minimum absolute atomic E-state index is 0.140. The summed E-state index contributed by atoms with van der Waals surface area (Å²) in [5.41, 5.74) is 3.44. The second kappa shape index (κ2) is 9.07. The van der Waals surface area contributed by atoms with Gasteiger partial charge in [0.05, 0.1) is 19.9 Å². The summed E-state index contributed by atoms with van der Waals surface area (Å²) < 4.78 is 10.6. The Morgan fingerprint density at radius 1 is 1.00 bits per heavy atom. The molecular formula is C21H26N2O4. The number of aryl methyl sites for hydroxylation is 2. The molecule has 6 heteroatoms. The molecule has 0 saturated carbocycles. The maximum absolute atomic E-state index is 12.3. The Balaban J connectivity index is 2.08. The predicted octanol–water partition coefficient (Wildman–Crippen LogP) is 3.10. The van der Waals surface area contributed by atoms with E-state index in [0.29, 0.717) is 35.8 Å². The van der Waals surface area contributed by atoms with Crippen molar-refractivity contribution in [1.29, 1.82) is 0 Å². The van der Waals surface area contributed by atoms with Crippen LogP contribution < -0.4 is 19.7 Å². The molecule has 2 aromatic carbocycles. The molecule has 0 spiro atoms. The average Bonchev–Trinajstić information content (AvgIpc) is 2.66. The highest BCUT2D eigenvalue weighted by molar-refractivity contribution is 5.95. The number of nitrogens with zero attached hydrogens (tertiary/aromatic N) is 1. The molecule has 6 nitrogen and oxygen atoms in total. The van der Waals surface area contributed by atoms with Crippen molar-refractivity contribution in [3.05, 3.63) is 53.1 Å². The van der Waals surface area contributed by atoms with Crippen molar-refractivity contribution in [2.75, 3.05) is 32.2 Å². The van der Waals surface area contributed by atoms with Crippen LogP contribution in [0.1, 0.15) is 28.4 Å². The molecule has 0 radical (unpaired) electrons. The molecule has 0 heterocycles. The zero-order chi connectivity index (χ0) is 20.0. The third kappa shape index (κ3) is 5.00. The molecule has 0 aromatic heterocycles. The van der Waals surface area contributed by atoms with Gasteiger partial charge in [-0.1, -0.05) is 6.07 Å². The Morgan fingerprint density at radius 2 is 1.74 bits per heavy atom. The number of nitrogens with one attached hydrogen (secondary N) is 1. The monoisotopic (exact) mass is 370 g/mol. The maximum Gasteiger partial charge on any atom is 0.251 e. The largest absolute Gasteiger partial charge is 0.497 e. The SMILES string of the molecule is COc1ccc(N(CCNC(=O)c2ccc(C)c(C)c2)C(C)=O)c(OC)c1. The van der Waals surface area contributed by atoms with Gasteiger partial charge in [0, 0.05) is 31.6 Å². The number of methoxy groups -OCH3 is 2. The van der Waals surface area contributed by atoms with Crippen LogP contribution in [0, 0.1) is 13.8 Å². The summed E-state index contributed by atoms with van der Waals surface area (Å²) in [5.74, 6) is 0.870. The van der Waals surface area contributed by atoms with Crippen molar-refractivity contribution in [2.45, 2.75) is 20.8 Å². The van der Waals surface area contributed by atoms with E-state index in [-0.39, 0.29) is 11.8 Å². The fourth-order valence-corrected chi connectivity index (χ4v) is 2.72. The molecule has 144 valence electrons. The van der Waals surface area contributed by atoms with Crippen LogP contribution >= 0.6 is 0 Å². The van der Waals surface area contributed by atoms with E-state index in [0.717, 1.165) is 11.1 Å². The number of benzene rings is 2. The Hall–Kier alpha value is -3.02. The molecular weight excluding hydrogens is 344 g/mol. The van der Waals surface area contributed by atoms with E-state index < -0.39 is 0 Å². The molecule has 0 fully saturated rings. The lowest BCUT2D eigenvalue weighted by atomic mass is 10.1. The molecule has 0 atom stereocenters. The lowest BCUT2D eigenvalue weighted by Crippen LogP contribution is -2.37. The summed E-state index contributed by atoms with van der Waals surface area (Å²) in [6.45, 7) is 6.10. The topological polar surface area (TPSA) is 67.9 Å². The summed E-state index contributed by atoms with van der Waals surface area (Å²) in [6.07, 6.45) is 0. The minimum Gasteiger partial charge on any atom is -0.497 e. The Morgan fingerprint density at radius 3 is 2.33 bits per heavy atom. The number of carbonyl (C=O) groups excluding carboxylic acids is 2. The molecule has 2 amide bonds. The minimum atomic E-state index is -0.164. The third-order valence-corrected chi connectivity index (χ3v) is 4.45. The van der Waals surface area contributed by atoms with Gasteiger partial charge in [-0.2, -0.15) is 0 Å². The van der Waals surface area contributed by atoms with Crippen molar-refractivity contribution >= 4 is 17.5 Å². The molecule has 1 N–H and O–H groups in total. The van der Waals surface area contributed by atoms with Crippen LogP contribution in [-0.2, 0) is 4.79 Å². The molecule has 2 rings (SSSR count). The summed E-state index contributed by atoms with van der Waals surface area (Å²) in [4.78, 5) is 26.0. The van der Waals surface area contributed by atoms with Crippen LogP contribution in [0.25, 0.3) is 0 Å². The highest BCUT2D eigenvalue weighted by Crippen LogP contribution is 2.32. The first kappa shape index (κ1) is 20.3. The van der Waals surface area contributed by atoms with E-state index in [1.807, 2.05) is 26.0 Å². The summed E-state index contributed by atoms with van der Waals surface area (Å²) in [5, 5.41) is 2.86. The Labute approximate surface area is 160 Å². The molecule has 0 unspecified atom stereocenters. The van der Waals surface area contributed by atoms with E-state index >= 15 is 0 Å². The lowest BCUT2D eigenvalue weighted by Gasteiger charge is -2.24. The van der Waals surface area contributed by atoms with Gasteiger partial charge in [0.25, 0.3) is 5.91 Å². The van der Waals surface area contributed by atoms with Gasteiger partial charge in [-0.3, -0.25) is 9.59 Å². The number of ether oxygens (including phenoxy) is 2. The fourth-order valence-electron chi connectivity index (χ4n) is 2.72. The van der Waals surface area contributed by atoms with Crippen LogP contribution in [0.3, 0.4) is 0 Å². The second-order valence-electron chi connectivity index (χ2n) is 6.26. The van der Waals surface area contributed by atoms with Crippen LogP contribution in [0.4, 0.5) is 5.69 Å². The van der Waals surface area contributed by atoms with E-state index in [9.17, 15) is 9.59 Å². The summed E-state index contributed by atoms with van der Waals surface area (Å²) in [7, 11) is 3.11. The van der Waals surface area contributed by atoms with Crippen molar-refractivity contribution in [2.24, 2.45) is 0 Å². The molecule has 0 aliphatic carbocycles. The van der Waals surface area contributed by atoms with Crippen molar-refractivity contribution < 1.29 is 19.1 Å². The van der Waals surface area contributed by atoms with Gasteiger partial charge in [-0.05, 0) is 49.2 Å². The standard InChI is InChI=1S/C21H26N2O4/c1-14-6-7-17(12-15(14)2)21(25)22-10-11-23(16(3)24)19-9-8-18(26-4)13-20(19)27-5/h6-9,12-13H,10-11H2,1-5H3,(H,22,25). The van der Waals surface area contributed by atoms with E-state index in [2.05, 4.69) is 5.32 Å². The molecule has 0 aliphatic rings. The molecule has 0 bridgehead atoms. The zero-order valence-corrected chi connectivity index (χ0v) is 16.5. The Kier molecular flexibility index (Phi) is 6.82. The highest BCUT2D eigenvalue weighted by atomic mass is 16.5. The maximum atomic E-state index is 12.3. The third-order valence-electron chi connectivity index (χ3n) is 4.45. The second-order valence-corrected chi connectivity index (χ2v) is 6.26. The quantitative estimate of drug-likeness (QED) is 0.813. The number of carbonyl (C=O) groups is 2. The first-order valence-corrected chi connectivity index (χ1v) is 8.73. The van der Waals surface area contributed by atoms with Crippen molar-refractivity contribution in [3.8, 4) is 11.5 Å². The average molecular weight is 370 g/mol. The van der Waals surface area contributed by atoms with E-state index in [1.165, 1.54) is 14.0 Å². The summed E-state index contributed by atoms with van der Waals surface area (Å²) in [6, 6.07) is 10.8. The number of hydrogen-bond donors (Lipinski definition) is 1. The number of anilines is 1. The van der Waals surface area contributed by atoms with Gasteiger partial charge in [0.15, 0.2) is 0 Å². The van der Waals surface area contributed by atoms with Gasteiger partial charge in [0.1, 0.15) is 11.5 Å². The van der Waals surface area contributed by atoms with Crippen LogP contribution in [-0.4, -0.2) is 39.1 Å². The van der Waals surface area contributed by atoms with Gasteiger partial charge in [0.2, 0.25) is 5.91 Å². The van der Waals surface area contributed by atoms with E-state index in [1.54, 1.807) is 36.3 Å². The molecule has 0 saturated heterocycles. The number of rotatable bonds is 7. The van der Waals surface area contributed by atoms with Crippen molar-refractivity contribution in [1.82, 2.24) is 5.32 Å². The van der Waals surface area contributed by atoms with Gasteiger partial charge in [-0.25, -0.2) is 0 Å². The first-order valence-electron chi connectivity index (χ1n) is 8.73. The molecule has 2 aromatic rings. The van der Waals surface area contributed by atoms with Gasteiger partial charge in [-0.15, -0.1) is 0 Å². The predicted molar refractivity (Wildman–Crippen MR) is 106 cm³/mol. The van der Waals surface area contributed by atoms with E-state index in [4.69, 9.17) is 9.47 Å². The first-order chi connectivity index (χ1) is 12.9. The van der Waals surface area contributed by atoms with Crippen molar-refractivity contribution in [3.63, 3.8) is 0 Å².